The van der Waals surface area contributed by atoms with Crippen LogP contribution in [0.3, 0.4) is 0 Å². The predicted molar refractivity (Wildman–Crippen MR) is 325 cm³/mol. The van der Waals surface area contributed by atoms with E-state index in [2.05, 4.69) is 93.7 Å². The number of hydrogen-bond donors (Lipinski definition) is 0. The molecule has 0 bridgehead atoms. The number of rotatable bonds is 59. The first-order chi connectivity index (χ1) is 37.0. The van der Waals surface area contributed by atoms with Crippen molar-refractivity contribution in [3.8, 4) is 0 Å². The lowest BCUT2D eigenvalue weighted by Crippen LogP contribution is -2.30. The zero-order valence-electron chi connectivity index (χ0n) is 49.8. The smallest absolute Gasteiger partial charge is 0.306 e. The van der Waals surface area contributed by atoms with Crippen molar-refractivity contribution in [2.45, 2.75) is 335 Å². The molecule has 0 radical (unpaired) electrons. The summed E-state index contributed by atoms with van der Waals surface area (Å²) >= 11 is 0. The van der Waals surface area contributed by atoms with Gasteiger partial charge in [-0.1, -0.05) is 312 Å². The summed E-state index contributed by atoms with van der Waals surface area (Å²) in [6.07, 6.45) is 81.9. The Kier molecular flexibility index (Phi) is 60.7. The van der Waals surface area contributed by atoms with Crippen molar-refractivity contribution in [2.24, 2.45) is 0 Å². The number of carbonyl (C=O) groups is 3. The molecule has 0 saturated carbocycles. The Hall–Kier alpha value is -3.15. The number of esters is 3. The van der Waals surface area contributed by atoms with E-state index in [1.54, 1.807) is 0 Å². The van der Waals surface area contributed by atoms with E-state index in [4.69, 9.17) is 14.2 Å². The van der Waals surface area contributed by atoms with Crippen LogP contribution in [-0.2, 0) is 28.6 Å². The van der Waals surface area contributed by atoms with E-state index in [9.17, 15) is 14.4 Å². The second kappa shape index (κ2) is 63.4. The van der Waals surface area contributed by atoms with Gasteiger partial charge >= 0.3 is 17.9 Å². The molecule has 0 saturated heterocycles. The minimum absolute atomic E-state index is 0.0791. The summed E-state index contributed by atoms with van der Waals surface area (Å²) < 4.78 is 16.9. The van der Waals surface area contributed by atoms with Crippen molar-refractivity contribution < 1.29 is 28.6 Å². The van der Waals surface area contributed by atoms with Crippen LogP contribution >= 0.6 is 0 Å². The Morgan fingerprint density at radius 2 is 0.520 bits per heavy atom. The highest BCUT2D eigenvalue weighted by Gasteiger charge is 2.19. The van der Waals surface area contributed by atoms with Gasteiger partial charge in [0.1, 0.15) is 13.2 Å². The molecular weight excluding hydrogens is 925 g/mol. The van der Waals surface area contributed by atoms with Gasteiger partial charge in [-0.2, -0.15) is 0 Å². The molecule has 0 aliphatic heterocycles. The summed E-state index contributed by atoms with van der Waals surface area (Å²) in [5.74, 6) is -0.886. The zero-order valence-corrected chi connectivity index (χ0v) is 49.8. The minimum atomic E-state index is -0.784. The van der Waals surface area contributed by atoms with Gasteiger partial charge in [-0.3, -0.25) is 14.4 Å². The lowest BCUT2D eigenvalue weighted by atomic mass is 10.0. The van der Waals surface area contributed by atoms with Gasteiger partial charge in [-0.15, -0.1) is 0 Å². The molecule has 75 heavy (non-hydrogen) atoms. The summed E-state index contributed by atoms with van der Waals surface area (Å²) in [7, 11) is 0. The maximum Gasteiger partial charge on any atom is 0.306 e. The molecule has 0 fully saturated rings. The van der Waals surface area contributed by atoms with E-state index >= 15 is 0 Å². The summed E-state index contributed by atoms with van der Waals surface area (Å²) in [6, 6.07) is 0. The topological polar surface area (TPSA) is 78.9 Å². The third-order valence-electron chi connectivity index (χ3n) is 14.2. The predicted octanol–water partition coefficient (Wildman–Crippen LogP) is 22.1. The molecule has 0 aliphatic carbocycles. The molecule has 1 unspecified atom stereocenters. The van der Waals surface area contributed by atoms with Crippen LogP contribution < -0.4 is 0 Å². The molecule has 0 spiro atoms. The summed E-state index contributed by atoms with van der Waals surface area (Å²) in [4.78, 5) is 38.3. The molecular formula is C69H122O6. The Labute approximate surface area is 465 Å². The fourth-order valence-corrected chi connectivity index (χ4v) is 9.39. The molecule has 0 aromatic carbocycles. The molecule has 0 heterocycles. The first-order valence-electron chi connectivity index (χ1n) is 32.4. The Balaban J connectivity index is 4.37. The standard InChI is InChI=1S/C69H122O6/c1-4-7-10-13-16-19-22-25-28-30-32-34-35-36-38-39-41-44-47-50-53-56-59-62-68(71)74-65-66(64-73-67(70)61-58-55-52-49-46-43-27-24-21-18-15-12-9-6-3)75-69(72)63-60-57-54-51-48-45-42-40-37-33-31-29-26-23-20-17-14-11-8-5-2/h7,10,16,19,25,28,32,34,36,38,41,44,66H,4-6,8-9,11-15,17-18,20-24,26-27,29-31,33,35,37,39-40,42-43,45-65H2,1-3H3/b10-7-,19-16-,28-25-,34-32-,38-36-,44-41-. The molecule has 1 atom stereocenters. The number of unbranched alkanes of at least 4 members (excludes halogenated alkanes) is 36. The number of ether oxygens (including phenoxy) is 3. The minimum Gasteiger partial charge on any atom is -0.462 e. The Morgan fingerprint density at radius 3 is 0.813 bits per heavy atom. The van der Waals surface area contributed by atoms with Gasteiger partial charge in [-0.05, 0) is 70.6 Å². The quantitative estimate of drug-likeness (QED) is 0.0261. The van der Waals surface area contributed by atoms with E-state index in [-0.39, 0.29) is 31.1 Å². The molecule has 6 nitrogen and oxygen atoms in total. The highest BCUT2D eigenvalue weighted by atomic mass is 16.6. The monoisotopic (exact) mass is 1050 g/mol. The van der Waals surface area contributed by atoms with Gasteiger partial charge in [0.2, 0.25) is 0 Å². The fourth-order valence-electron chi connectivity index (χ4n) is 9.39. The lowest BCUT2D eigenvalue weighted by Gasteiger charge is -2.18. The van der Waals surface area contributed by atoms with Gasteiger partial charge in [0.15, 0.2) is 6.10 Å². The third-order valence-corrected chi connectivity index (χ3v) is 14.2. The average molecular weight is 1050 g/mol. The lowest BCUT2D eigenvalue weighted by molar-refractivity contribution is -0.167. The second-order valence-corrected chi connectivity index (χ2v) is 21.7. The number of carbonyl (C=O) groups excluding carboxylic acids is 3. The second-order valence-electron chi connectivity index (χ2n) is 21.7. The summed E-state index contributed by atoms with van der Waals surface area (Å²) in [6.45, 7) is 6.56. The molecule has 0 aliphatic rings. The van der Waals surface area contributed by atoms with E-state index in [1.165, 1.54) is 180 Å². The van der Waals surface area contributed by atoms with Crippen LogP contribution in [0.15, 0.2) is 72.9 Å². The number of allylic oxidation sites excluding steroid dienone is 12. The van der Waals surface area contributed by atoms with Crippen LogP contribution in [0.2, 0.25) is 0 Å². The molecule has 0 aromatic heterocycles. The van der Waals surface area contributed by atoms with Crippen LogP contribution in [0.1, 0.15) is 329 Å². The van der Waals surface area contributed by atoms with Crippen LogP contribution in [0.4, 0.5) is 0 Å². The van der Waals surface area contributed by atoms with Gasteiger partial charge in [-0.25, -0.2) is 0 Å². The van der Waals surface area contributed by atoms with Crippen LogP contribution in [-0.4, -0.2) is 37.2 Å². The van der Waals surface area contributed by atoms with Crippen molar-refractivity contribution in [3.63, 3.8) is 0 Å². The highest BCUT2D eigenvalue weighted by molar-refractivity contribution is 5.71. The van der Waals surface area contributed by atoms with Crippen LogP contribution in [0.5, 0.6) is 0 Å². The van der Waals surface area contributed by atoms with Gasteiger partial charge in [0, 0.05) is 19.3 Å². The van der Waals surface area contributed by atoms with Crippen molar-refractivity contribution in [3.05, 3.63) is 72.9 Å². The van der Waals surface area contributed by atoms with Gasteiger partial charge < -0.3 is 14.2 Å². The summed E-state index contributed by atoms with van der Waals surface area (Å²) in [5.41, 5.74) is 0. The molecule has 6 heteroatoms. The summed E-state index contributed by atoms with van der Waals surface area (Å²) in [5, 5.41) is 0. The molecule has 0 N–H and O–H groups in total. The highest BCUT2D eigenvalue weighted by Crippen LogP contribution is 2.17. The molecule has 0 rings (SSSR count). The van der Waals surface area contributed by atoms with Crippen LogP contribution in [0.25, 0.3) is 0 Å². The van der Waals surface area contributed by atoms with E-state index in [1.807, 2.05) is 0 Å². The van der Waals surface area contributed by atoms with Crippen molar-refractivity contribution in [2.75, 3.05) is 13.2 Å². The third kappa shape index (κ3) is 61.6. The van der Waals surface area contributed by atoms with E-state index in [0.717, 1.165) is 109 Å². The van der Waals surface area contributed by atoms with E-state index < -0.39 is 6.10 Å². The molecule has 0 amide bonds. The first kappa shape index (κ1) is 71.8. The Bertz CT molecular complexity index is 1390. The molecule has 0 aromatic rings. The van der Waals surface area contributed by atoms with Crippen LogP contribution in [0, 0.1) is 0 Å². The molecule has 434 valence electrons. The van der Waals surface area contributed by atoms with Crippen molar-refractivity contribution >= 4 is 17.9 Å². The maximum atomic E-state index is 12.9. The average Bonchev–Trinajstić information content (AvgIpc) is 3.41. The van der Waals surface area contributed by atoms with Gasteiger partial charge in [0.25, 0.3) is 0 Å². The van der Waals surface area contributed by atoms with E-state index in [0.29, 0.717) is 19.3 Å². The normalized spacial score (nSPS) is 12.5. The maximum absolute atomic E-state index is 12.9. The van der Waals surface area contributed by atoms with Crippen molar-refractivity contribution in [1.82, 2.24) is 0 Å². The Morgan fingerprint density at radius 1 is 0.280 bits per heavy atom. The fraction of sp³-hybridized carbons (Fsp3) is 0.783. The largest absolute Gasteiger partial charge is 0.462 e. The number of hydrogen-bond acceptors (Lipinski definition) is 6. The first-order valence-corrected chi connectivity index (χ1v) is 32.4. The van der Waals surface area contributed by atoms with Crippen molar-refractivity contribution in [1.29, 1.82) is 0 Å². The zero-order chi connectivity index (χ0) is 54.3. The SMILES string of the molecule is CC/C=C\C/C=C\C/C=C\C/C=C\C/C=C\C/C=C\CCCCCCC(=O)OCC(COC(=O)CCCCCCCCCCCCCCCC)OC(=O)CCCCCCCCCCCCCCCCCCCCCC. The van der Waals surface area contributed by atoms with Gasteiger partial charge in [0.05, 0.1) is 0 Å².